The molecule has 120 valence electrons. The van der Waals surface area contributed by atoms with Crippen molar-refractivity contribution >= 4 is 35.8 Å². The van der Waals surface area contributed by atoms with Crippen LogP contribution in [0.2, 0.25) is 0 Å². The number of hydrogen-bond donors (Lipinski definition) is 0. The molecule has 0 aromatic rings. The van der Waals surface area contributed by atoms with Crippen LogP contribution in [0.15, 0.2) is 0 Å². The van der Waals surface area contributed by atoms with Gasteiger partial charge < -0.3 is 0 Å². The molecule has 0 atom stereocenters. The van der Waals surface area contributed by atoms with Gasteiger partial charge in [0.25, 0.3) is 0 Å². The number of halogens is 4. The van der Waals surface area contributed by atoms with Gasteiger partial charge >= 0.3 is 6.18 Å². The van der Waals surface area contributed by atoms with Gasteiger partial charge in [0.2, 0.25) is 10.0 Å². The first-order valence-electron chi connectivity index (χ1n) is 5.80. The minimum absolute atomic E-state index is 0.0767. The van der Waals surface area contributed by atoms with Crippen LogP contribution in [0.5, 0.6) is 0 Å². The Morgan fingerprint density at radius 3 is 2.10 bits per heavy atom. The van der Waals surface area contributed by atoms with E-state index in [1.165, 1.54) is 0 Å². The Bertz CT molecular complexity index is 518. The Morgan fingerprint density at radius 2 is 1.70 bits per heavy atom. The number of sulfone groups is 1. The predicted octanol–water partition coefficient (Wildman–Crippen LogP) is 1.15. The summed E-state index contributed by atoms with van der Waals surface area (Å²) in [4.78, 5) is 0. The van der Waals surface area contributed by atoms with Crippen molar-refractivity contribution < 1.29 is 30.0 Å². The van der Waals surface area contributed by atoms with Crippen molar-refractivity contribution in [3.63, 3.8) is 0 Å². The van der Waals surface area contributed by atoms with Crippen LogP contribution < -0.4 is 0 Å². The van der Waals surface area contributed by atoms with Gasteiger partial charge in [0.05, 0.1) is 16.8 Å². The summed E-state index contributed by atoms with van der Waals surface area (Å²) in [6.45, 7) is -1.85. The maximum atomic E-state index is 12.4. The zero-order chi connectivity index (χ0) is 15.6. The Hall–Kier alpha value is 0.130. The van der Waals surface area contributed by atoms with Crippen molar-refractivity contribution in [1.82, 2.24) is 4.31 Å². The molecule has 1 heterocycles. The van der Waals surface area contributed by atoms with E-state index in [-0.39, 0.29) is 36.2 Å². The van der Waals surface area contributed by atoms with Gasteiger partial charge in [0, 0.05) is 11.9 Å². The van der Waals surface area contributed by atoms with Gasteiger partial charge in [-0.15, -0.1) is 0 Å². The summed E-state index contributed by atoms with van der Waals surface area (Å²) in [5, 5.41) is -0.986. The van der Waals surface area contributed by atoms with Crippen LogP contribution in [0.25, 0.3) is 0 Å². The van der Waals surface area contributed by atoms with E-state index in [1.54, 1.807) is 0 Å². The van der Waals surface area contributed by atoms with Crippen LogP contribution in [0.1, 0.15) is 12.8 Å². The fourth-order valence-electron chi connectivity index (χ4n) is 1.97. The van der Waals surface area contributed by atoms with E-state index >= 15 is 0 Å². The SMILES string of the molecule is O=S1(=O)CCC(S(=O)(=O)N(CCBr)CC(F)(F)F)CC1. The van der Waals surface area contributed by atoms with E-state index in [9.17, 15) is 30.0 Å². The molecule has 20 heavy (non-hydrogen) atoms. The quantitative estimate of drug-likeness (QED) is 0.647. The maximum Gasteiger partial charge on any atom is 0.402 e. The molecule has 0 amide bonds. The molecule has 0 aliphatic carbocycles. The predicted molar refractivity (Wildman–Crippen MR) is 72.0 cm³/mol. The minimum atomic E-state index is -4.63. The number of sulfonamides is 1. The van der Waals surface area contributed by atoms with Crippen molar-refractivity contribution in [2.45, 2.75) is 24.3 Å². The van der Waals surface area contributed by atoms with E-state index in [4.69, 9.17) is 0 Å². The highest BCUT2D eigenvalue weighted by atomic mass is 79.9. The van der Waals surface area contributed by atoms with Crippen LogP contribution in [-0.4, -0.2) is 62.5 Å². The number of alkyl halides is 4. The Morgan fingerprint density at radius 1 is 1.20 bits per heavy atom. The number of rotatable bonds is 5. The van der Waals surface area contributed by atoms with E-state index in [2.05, 4.69) is 15.9 Å². The first-order valence-corrected chi connectivity index (χ1v) is 10.2. The van der Waals surface area contributed by atoms with Gasteiger partial charge in [-0.05, 0) is 12.8 Å². The van der Waals surface area contributed by atoms with Crippen LogP contribution in [0.4, 0.5) is 13.2 Å². The fourth-order valence-corrected chi connectivity index (χ4v) is 6.35. The molecular weight excluding hydrogens is 387 g/mol. The second-order valence-electron chi connectivity index (χ2n) is 4.53. The first kappa shape index (κ1) is 18.2. The average molecular weight is 402 g/mol. The molecule has 0 aromatic heterocycles. The zero-order valence-electron chi connectivity index (χ0n) is 10.4. The second-order valence-corrected chi connectivity index (χ2v) is 9.84. The highest BCUT2D eigenvalue weighted by Gasteiger charge is 2.41. The highest BCUT2D eigenvalue weighted by molar-refractivity contribution is 9.09. The lowest BCUT2D eigenvalue weighted by atomic mass is 10.2. The summed E-state index contributed by atoms with van der Waals surface area (Å²) in [5.41, 5.74) is 0. The molecule has 11 heteroatoms. The summed E-state index contributed by atoms with van der Waals surface area (Å²) in [6, 6.07) is 0. The molecule has 0 aromatic carbocycles. The molecule has 0 saturated carbocycles. The Balaban J connectivity index is 2.88. The largest absolute Gasteiger partial charge is 0.402 e. The first-order chi connectivity index (χ1) is 8.98. The molecule has 1 rings (SSSR count). The van der Waals surface area contributed by atoms with Gasteiger partial charge in [-0.1, -0.05) is 15.9 Å². The maximum absolute atomic E-state index is 12.4. The highest BCUT2D eigenvalue weighted by Crippen LogP contribution is 2.25. The minimum Gasteiger partial charge on any atom is -0.229 e. The average Bonchev–Trinajstić information content (AvgIpc) is 2.26. The summed E-state index contributed by atoms with van der Waals surface area (Å²) in [6.07, 6.45) is -4.93. The molecule has 0 radical (unpaired) electrons. The van der Waals surface area contributed by atoms with Crippen molar-refractivity contribution in [3.8, 4) is 0 Å². The van der Waals surface area contributed by atoms with Crippen molar-refractivity contribution in [2.75, 3.05) is 29.9 Å². The smallest absolute Gasteiger partial charge is 0.229 e. The molecule has 0 bridgehead atoms. The normalized spacial score (nSPS) is 21.2. The molecule has 1 aliphatic heterocycles. The Kier molecular flexibility index (Phi) is 5.90. The lowest BCUT2D eigenvalue weighted by molar-refractivity contribution is -0.135. The van der Waals surface area contributed by atoms with Crippen LogP contribution >= 0.6 is 15.9 Å². The third kappa shape index (κ3) is 5.15. The zero-order valence-corrected chi connectivity index (χ0v) is 13.7. The molecule has 1 aliphatic rings. The molecule has 1 fully saturated rings. The van der Waals surface area contributed by atoms with Crippen molar-refractivity contribution in [1.29, 1.82) is 0 Å². The second kappa shape index (κ2) is 6.49. The summed E-state index contributed by atoms with van der Waals surface area (Å²) >= 11 is 2.92. The third-order valence-corrected chi connectivity index (χ3v) is 7.39. The van der Waals surface area contributed by atoms with Gasteiger partial charge in [-0.2, -0.15) is 17.5 Å². The van der Waals surface area contributed by atoms with Crippen LogP contribution in [0.3, 0.4) is 0 Å². The number of nitrogens with zero attached hydrogens (tertiary/aromatic N) is 1. The van der Waals surface area contributed by atoms with Crippen molar-refractivity contribution in [2.24, 2.45) is 0 Å². The standard InChI is InChI=1S/C9H15BrF3NO4S2/c10-3-4-14(7-9(11,12)13)20(17,18)8-1-5-19(15,16)6-2-8/h8H,1-7H2. The lowest BCUT2D eigenvalue weighted by Gasteiger charge is -2.29. The van der Waals surface area contributed by atoms with Crippen molar-refractivity contribution in [3.05, 3.63) is 0 Å². The van der Waals surface area contributed by atoms with E-state index < -0.39 is 37.8 Å². The molecule has 5 nitrogen and oxygen atoms in total. The fraction of sp³-hybridized carbons (Fsp3) is 1.00. The van der Waals surface area contributed by atoms with Gasteiger partial charge in [-0.25, -0.2) is 16.8 Å². The molecule has 0 spiro atoms. The van der Waals surface area contributed by atoms with Gasteiger partial charge in [0.15, 0.2) is 0 Å². The van der Waals surface area contributed by atoms with Gasteiger partial charge in [0.1, 0.15) is 16.4 Å². The van der Waals surface area contributed by atoms with E-state index in [1.807, 2.05) is 0 Å². The molecule has 0 unspecified atom stereocenters. The van der Waals surface area contributed by atoms with E-state index in [0.29, 0.717) is 4.31 Å². The molecule has 0 N–H and O–H groups in total. The molecule has 1 saturated heterocycles. The monoisotopic (exact) mass is 401 g/mol. The number of hydrogen-bond acceptors (Lipinski definition) is 4. The summed E-state index contributed by atoms with van der Waals surface area (Å²) < 4.78 is 84.5. The van der Waals surface area contributed by atoms with Crippen LogP contribution in [-0.2, 0) is 19.9 Å². The van der Waals surface area contributed by atoms with Crippen LogP contribution in [0, 0.1) is 0 Å². The third-order valence-electron chi connectivity index (χ3n) is 2.97. The Labute approximate surface area is 124 Å². The lowest BCUT2D eigenvalue weighted by Crippen LogP contribution is -2.46. The van der Waals surface area contributed by atoms with Gasteiger partial charge in [-0.3, -0.25) is 0 Å². The summed E-state index contributed by atoms with van der Waals surface area (Å²) in [7, 11) is -7.41. The molecular formula is C9H15BrF3NO4S2. The van der Waals surface area contributed by atoms with E-state index in [0.717, 1.165) is 0 Å². The summed E-state index contributed by atoms with van der Waals surface area (Å²) in [5.74, 6) is -0.601. The topological polar surface area (TPSA) is 71.5 Å².